The zero-order chi connectivity index (χ0) is 20.8. The number of anilines is 2. The van der Waals surface area contributed by atoms with Crippen molar-refractivity contribution in [3.8, 4) is 0 Å². The molecule has 0 fully saturated rings. The molecule has 0 aliphatic heterocycles. The Balaban J connectivity index is 2.19. The zero-order valence-corrected chi connectivity index (χ0v) is 18.0. The average molecular weight is 405 g/mol. The molecular weight excluding hydrogens is 376 g/mol. The lowest BCUT2D eigenvalue weighted by Gasteiger charge is -2.25. The number of nitrogens with zero attached hydrogens (tertiary/aromatic N) is 6. The van der Waals surface area contributed by atoms with Crippen molar-refractivity contribution in [1.29, 1.82) is 0 Å². The molecule has 0 unspecified atom stereocenters. The van der Waals surface area contributed by atoms with Crippen molar-refractivity contribution in [2.24, 2.45) is 0 Å². The van der Waals surface area contributed by atoms with Gasteiger partial charge >= 0.3 is 0 Å². The van der Waals surface area contributed by atoms with E-state index in [2.05, 4.69) is 29.8 Å². The van der Waals surface area contributed by atoms with Crippen LogP contribution in [0.1, 0.15) is 35.9 Å². The number of aromatic nitrogens is 3. The molecule has 0 aliphatic carbocycles. The molecule has 1 heterocycles. The first-order valence-electron chi connectivity index (χ1n) is 9.19. The van der Waals surface area contributed by atoms with E-state index in [9.17, 15) is 9.59 Å². The van der Waals surface area contributed by atoms with Gasteiger partial charge in [-0.25, -0.2) is 4.98 Å². The summed E-state index contributed by atoms with van der Waals surface area (Å²) in [4.78, 5) is 34.4. The van der Waals surface area contributed by atoms with E-state index < -0.39 is 0 Å². The number of benzene rings is 1. The Morgan fingerprint density at radius 3 is 2.50 bits per heavy atom. The van der Waals surface area contributed by atoms with Crippen LogP contribution in [0.5, 0.6) is 0 Å². The van der Waals surface area contributed by atoms with Gasteiger partial charge in [-0.05, 0) is 57.4 Å². The molecule has 0 atom stereocenters. The van der Waals surface area contributed by atoms with E-state index in [1.54, 1.807) is 19.0 Å². The minimum absolute atomic E-state index is 0.00233. The molecule has 1 aromatic carbocycles. The second-order valence-corrected chi connectivity index (χ2v) is 7.23. The van der Waals surface area contributed by atoms with E-state index in [-0.39, 0.29) is 17.6 Å². The van der Waals surface area contributed by atoms with Gasteiger partial charge in [0.1, 0.15) is 6.33 Å². The van der Waals surface area contributed by atoms with Crippen molar-refractivity contribution in [3.63, 3.8) is 0 Å². The number of hydrogen-bond donors (Lipinski definition) is 1. The predicted molar refractivity (Wildman–Crippen MR) is 114 cm³/mol. The highest BCUT2D eigenvalue weighted by Gasteiger charge is 2.21. The summed E-state index contributed by atoms with van der Waals surface area (Å²) in [6.07, 6.45) is 3.43. The maximum Gasteiger partial charge on any atom is 0.296 e. The first-order chi connectivity index (χ1) is 13.3. The summed E-state index contributed by atoms with van der Waals surface area (Å²) in [7, 11) is 5.36. The standard InChI is InChI=1S/C19H28N6O2S/c1-6-7-10-22(3)12-17(26)23(4)15-9-8-14(2)16(11-15)24(5)19(27)18-20-13-21-25(18)28/h8-9,11,13,28H,6-7,10,12H2,1-5H3. The third-order valence-corrected chi connectivity index (χ3v) is 4.93. The van der Waals surface area contributed by atoms with Crippen LogP contribution in [-0.4, -0.2) is 65.1 Å². The number of thiol groups is 1. The monoisotopic (exact) mass is 404 g/mol. The molecule has 2 rings (SSSR count). The van der Waals surface area contributed by atoms with Gasteiger partial charge in [-0.2, -0.15) is 4.09 Å². The van der Waals surface area contributed by atoms with Gasteiger partial charge in [0.05, 0.1) is 6.54 Å². The molecule has 2 amide bonds. The fraction of sp³-hybridized carbons (Fsp3) is 0.474. The van der Waals surface area contributed by atoms with Gasteiger partial charge in [-0.15, -0.1) is 5.10 Å². The Labute approximate surface area is 171 Å². The third-order valence-electron chi connectivity index (χ3n) is 4.64. The number of aryl methyl sites for hydroxylation is 1. The number of carbonyl (C=O) groups excluding carboxylic acids is 2. The van der Waals surface area contributed by atoms with Gasteiger partial charge in [0.25, 0.3) is 5.91 Å². The molecule has 0 radical (unpaired) electrons. The molecule has 0 spiro atoms. The van der Waals surface area contributed by atoms with Gasteiger partial charge in [-0.3, -0.25) is 14.5 Å². The molecule has 0 bridgehead atoms. The Bertz CT molecular complexity index is 838. The first-order valence-corrected chi connectivity index (χ1v) is 9.59. The van der Waals surface area contributed by atoms with Crippen LogP contribution < -0.4 is 9.80 Å². The average Bonchev–Trinajstić information content (AvgIpc) is 3.10. The summed E-state index contributed by atoms with van der Waals surface area (Å²) >= 11 is 4.10. The van der Waals surface area contributed by atoms with Crippen LogP contribution in [0, 0.1) is 6.92 Å². The summed E-state index contributed by atoms with van der Waals surface area (Å²) in [5.74, 6) is -0.212. The Hall–Kier alpha value is -2.39. The SMILES string of the molecule is CCCCN(C)CC(=O)N(C)c1ccc(C)c(N(C)C(=O)c2ncnn2S)c1. The van der Waals surface area contributed by atoms with E-state index in [4.69, 9.17) is 0 Å². The van der Waals surface area contributed by atoms with E-state index in [0.717, 1.165) is 34.7 Å². The molecule has 8 nitrogen and oxygen atoms in total. The van der Waals surface area contributed by atoms with Gasteiger partial charge < -0.3 is 9.80 Å². The normalized spacial score (nSPS) is 11.0. The van der Waals surface area contributed by atoms with Gasteiger partial charge in [-0.1, -0.05) is 19.4 Å². The number of carbonyl (C=O) groups is 2. The van der Waals surface area contributed by atoms with E-state index in [0.29, 0.717) is 12.2 Å². The van der Waals surface area contributed by atoms with Gasteiger partial charge in [0.2, 0.25) is 11.7 Å². The van der Waals surface area contributed by atoms with Gasteiger partial charge in [0, 0.05) is 25.5 Å². The van der Waals surface area contributed by atoms with Crippen molar-refractivity contribution in [1.82, 2.24) is 19.1 Å². The minimum Gasteiger partial charge on any atom is -0.314 e. The van der Waals surface area contributed by atoms with Gasteiger partial charge in [0.15, 0.2) is 0 Å². The molecule has 0 aliphatic rings. The second-order valence-electron chi connectivity index (χ2n) is 6.85. The lowest BCUT2D eigenvalue weighted by atomic mass is 10.1. The zero-order valence-electron chi connectivity index (χ0n) is 17.1. The molecular formula is C19H28N6O2S. The molecule has 0 saturated carbocycles. The van der Waals surface area contributed by atoms with Crippen LogP contribution in [0.2, 0.25) is 0 Å². The molecule has 0 N–H and O–H groups in total. The first kappa shape index (κ1) is 21.9. The van der Waals surface area contributed by atoms with Crippen molar-refractivity contribution < 1.29 is 9.59 Å². The summed E-state index contributed by atoms with van der Waals surface area (Å²) in [6, 6.07) is 5.60. The topological polar surface area (TPSA) is 74.6 Å². The Kier molecular flexibility index (Phi) is 7.59. The second kappa shape index (κ2) is 9.70. The number of rotatable bonds is 8. The van der Waals surface area contributed by atoms with Crippen LogP contribution in [0.4, 0.5) is 11.4 Å². The summed E-state index contributed by atoms with van der Waals surface area (Å²) in [5, 5.41) is 3.82. The van der Waals surface area contributed by atoms with E-state index >= 15 is 0 Å². The van der Waals surface area contributed by atoms with Crippen LogP contribution in [0.15, 0.2) is 24.5 Å². The lowest BCUT2D eigenvalue weighted by Crippen LogP contribution is -2.37. The highest BCUT2D eigenvalue weighted by atomic mass is 32.1. The fourth-order valence-corrected chi connectivity index (χ4v) is 2.98. The van der Waals surface area contributed by atoms with Crippen LogP contribution in [0.25, 0.3) is 0 Å². The minimum atomic E-state index is -0.332. The summed E-state index contributed by atoms with van der Waals surface area (Å²) in [6.45, 7) is 5.27. The maximum absolute atomic E-state index is 12.7. The number of amides is 2. The summed E-state index contributed by atoms with van der Waals surface area (Å²) < 4.78 is 1.14. The van der Waals surface area contributed by atoms with E-state index in [1.165, 1.54) is 11.2 Å². The maximum atomic E-state index is 12.7. The van der Waals surface area contributed by atoms with Crippen LogP contribution in [-0.2, 0) is 4.79 Å². The largest absolute Gasteiger partial charge is 0.314 e. The number of hydrogen-bond acceptors (Lipinski definition) is 6. The molecule has 152 valence electrons. The fourth-order valence-electron chi connectivity index (χ4n) is 2.79. The molecule has 1 aromatic heterocycles. The van der Waals surface area contributed by atoms with Crippen molar-refractivity contribution in [2.75, 3.05) is 44.0 Å². The Morgan fingerprint density at radius 2 is 1.89 bits per heavy atom. The van der Waals surface area contributed by atoms with Crippen molar-refractivity contribution >= 4 is 36.0 Å². The third kappa shape index (κ3) is 5.11. The predicted octanol–water partition coefficient (Wildman–Crippen LogP) is 2.25. The van der Waals surface area contributed by atoms with Crippen molar-refractivity contribution in [3.05, 3.63) is 35.9 Å². The number of unbranched alkanes of at least 4 members (excludes halogenated alkanes) is 1. The van der Waals surface area contributed by atoms with Crippen LogP contribution >= 0.6 is 12.8 Å². The molecule has 0 saturated heterocycles. The molecule has 2 aromatic rings. The number of likely N-dealkylation sites (N-methyl/N-ethyl adjacent to an activating group) is 2. The highest BCUT2D eigenvalue weighted by Crippen LogP contribution is 2.26. The quantitative estimate of drug-likeness (QED) is 0.683. The molecule has 9 heteroatoms. The van der Waals surface area contributed by atoms with E-state index in [1.807, 2.05) is 37.1 Å². The smallest absolute Gasteiger partial charge is 0.296 e. The van der Waals surface area contributed by atoms with Crippen LogP contribution in [0.3, 0.4) is 0 Å². The Morgan fingerprint density at radius 1 is 1.18 bits per heavy atom. The van der Waals surface area contributed by atoms with Crippen molar-refractivity contribution in [2.45, 2.75) is 26.7 Å². The lowest BCUT2D eigenvalue weighted by molar-refractivity contribution is -0.119. The highest BCUT2D eigenvalue weighted by molar-refractivity contribution is 7.78. The molecule has 28 heavy (non-hydrogen) atoms. The summed E-state index contributed by atoms with van der Waals surface area (Å²) in [5.41, 5.74) is 2.32.